The minimum Gasteiger partial charge on any atom is -0.497 e. The molecule has 1 amide bonds. The van der Waals surface area contributed by atoms with Gasteiger partial charge in [0.15, 0.2) is 5.94 Å². The quantitative estimate of drug-likeness (QED) is 0.428. The average molecular weight is 591 g/mol. The first-order valence-electron chi connectivity index (χ1n) is 12.5. The summed E-state index contributed by atoms with van der Waals surface area (Å²) in [4.78, 5) is 13.8. The summed E-state index contributed by atoms with van der Waals surface area (Å²) in [6, 6.07) is 12.0. The summed E-state index contributed by atoms with van der Waals surface area (Å²) >= 11 is 0. The van der Waals surface area contributed by atoms with Gasteiger partial charge < -0.3 is 23.8 Å². The summed E-state index contributed by atoms with van der Waals surface area (Å²) < 4.78 is 101. The second-order valence-corrected chi connectivity index (χ2v) is 11.6. The number of nitrogens with zero attached hydrogens (tertiary/aromatic N) is 2. The van der Waals surface area contributed by atoms with Crippen molar-refractivity contribution >= 4 is 16.1 Å². The molecule has 2 aromatic rings. The molecule has 0 bridgehead atoms. The van der Waals surface area contributed by atoms with Gasteiger partial charge in [-0.05, 0) is 48.2 Å². The first kappa shape index (κ1) is 30.0. The first-order chi connectivity index (χ1) is 18.9. The Balaban J connectivity index is 1.31. The Hall–Kier alpha value is -2.94. The molecule has 0 N–H and O–H groups in total. The van der Waals surface area contributed by atoms with Crippen molar-refractivity contribution in [3.05, 3.63) is 65.5 Å². The van der Waals surface area contributed by atoms with Gasteiger partial charge in [-0.3, -0.25) is 0 Å². The van der Waals surface area contributed by atoms with Gasteiger partial charge in [-0.15, -0.1) is 0 Å². The van der Waals surface area contributed by atoms with Crippen LogP contribution in [0.3, 0.4) is 0 Å². The maximum atomic E-state index is 13.6. The Morgan fingerprint density at radius 2 is 1.68 bits per heavy atom. The molecule has 2 heterocycles. The molecule has 0 unspecified atom stereocenters. The number of piperidine rings is 1. The van der Waals surface area contributed by atoms with Gasteiger partial charge in [0.25, 0.3) is 0 Å². The van der Waals surface area contributed by atoms with Gasteiger partial charge in [0.2, 0.25) is 16.1 Å². The predicted octanol–water partition coefficient (Wildman–Crippen LogP) is 4.07. The van der Waals surface area contributed by atoms with E-state index in [4.69, 9.17) is 18.9 Å². The largest absolute Gasteiger partial charge is 0.497 e. The molecule has 220 valence electrons. The number of hydrogen-bond donors (Lipinski definition) is 0. The van der Waals surface area contributed by atoms with Crippen LogP contribution in [0.2, 0.25) is 0 Å². The van der Waals surface area contributed by atoms with Crippen molar-refractivity contribution in [1.82, 2.24) is 9.21 Å². The summed E-state index contributed by atoms with van der Waals surface area (Å²) in [5, 5.41) is 0. The lowest BCUT2D eigenvalue weighted by Crippen LogP contribution is -2.59. The van der Waals surface area contributed by atoms with E-state index in [-0.39, 0.29) is 45.6 Å². The molecule has 2 saturated heterocycles. The van der Waals surface area contributed by atoms with Crippen LogP contribution in [0.25, 0.3) is 0 Å². The fourth-order valence-electron chi connectivity index (χ4n) is 4.48. The van der Waals surface area contributed by atoms with Gasteiger partial charge in [-0.2, -0.15) is 17.5 Å². The fourth-order valence-corrected chi connectivity index (χ4v) is 5.81. The Morgan fingerprint density at radius 1 is 1.05 bits per heavy atom. The lowest BCUT2D eigenvalue weighted by atomic mass is 9.91. The van der Waals surface area contributed by atoms with E-state index < -0.39 is 52.4 Å². The average Bonchev–Trinajstić information content (AvgIpc) is 2.92. The zero-order valence-corrected chi connectivity index (χ0v) is 22.5. The molecule has 2 aliphatic rings. The monoisotopic (exact) mass is 590 g/mol. The lowest BCUT2D eigenvalue weighted by molar-refractivity contribution is -0.220. The molecule has 40 heavy (non-hydrogen) atoms. The minimum absolute atomic E-state index is 0.0000259. The van der Waals surface area contributed by atoms with Crippen molar-refractivity contribution in [1.29, 1.82) is 0 Å². The van der Waals surface area contributed by atoms with Crippen molar-refractivity contribution in [3.8, 4) is 5.75 Å². The van der Waals surface area contributed by atoms with Crippen LogP contribution < -0.4 is 4.74 Å². The van der Waals surface area contributed by atoms with Crippen LogP contribution in [0.15, 0.2) is 48.5 Å². The Bertz CT molecular complexity index is 1250. The number of sulfonamides is 1. The van der Waals surface area contributed by atoms with Gasteiger partial charge >= 0.3 is 12.3 Å². The predicted molar refractivity (Wildman–Crippen MR) is 134 cm³/mol. The van der Waals surface area contributed by atoms with E-state index in [0.717, 1.165) is 4.90 Å². The zero-order chi connectivity index (χ0) is 29.0. The van der Waals surface area contributed by atoms with Gasteiger partial charge in [-0.25, -0.2) is 17.6 Å². The highest BCUT2D eigenvalue weighted by molar-refractivity contribution is 7.88. The molecule has 4 rings (SSSR count). The fraction of sp³-hybridized carbons (Fsp3) is 0.500. The highest BCUT2D eigenvalue weighted by Crippen LogP contribution is 2.34. The standard InChI is InChI=1S/C26H30F4N2O7S/c1-36-22-8-4-20(5-9-22)15-37-16-23(26(28,29)30)39-24(33)31-12-10-25(11-13-31)17-32(40(34,35)18-38-25)14-19-2-6-21(27)7-3-19/h2-9,23H,10-18H2,1H3/t23-/m1/s1. The Kier molecular flexibility index (Phi) is 9.22. The number of benzene rings is 2. The van der Waals surface area contributed by atoms with Gasteiger partial charge in [0.05, 0.1) is 25.9 Å². The van der Waals surface area contributed by atoms with Crippen LogP contribution in [0.4, 0.5) is 22.4 Å². The topological polar surface area (TPSA) is 94.6 Å². The number of amides is 1. The number of likely N-dealkylation sites (tertiary alicyclic amines) is 1. The molecule has 0 radical (unpaired) electrons. The number of halogens is 4. The van der Waals surface area contributed by atoms with E-state index in [1.807, 2.05) is 0 Å². The molecule has 0 saturated carbocycles. The normalized spacial score (nSPS) is 19.8. The maximum absolute atomic E-state index is 13.6. The third kappa shape index (κ3) is 7.62. The Labute approximate surface area is 229 Å². The van der Waals surface area contributed by atoms with E-state index in [0.29, 0.717) is 16.9 Å². The van der Waals surface area contributed by atoms with E-state index in [2.05, 4.69) is 0 Å². The van der Waals surface area contributed by atoms with Crippen molar-refractivity contribution in [2.45, 2.75) is 43.9 Å². The molecular formula is C26H30F4N2O7S. The second kappa shape index (κ2) is 12.3. The van der Waals surface area contributed by atoms with Crippen LogP contribution in [0.1, 0.15) is 24.0 Å². The molecule has 1 spiro atoms. The van der Waals surface area contributed by atoms with Gasteiger partial charge in [0.1, 0.15) is 11.6 Å². The maximum Gasteiger partial charge on any atom is 0.427 e. The zero-order valence-electron chi connectivity index (χ0n) is 21.7. The highest BCUT2D eigenvalue weighted by Gasteiger charge is 2.47. The molecule has 9 nitrogen and oxygen atoms in total. The molecular weight excluding hydrogens is 560 g/mol. The molecule has 2 aromatic carbocycles. The number of alkyl halides is 3. The number of ether oxygens (including phenoxy) is 4. The summed E-state index contributed by atoms with van der Waals surface area (Å²) in [5.41, 5.74) is 0.306. The Morgan fingerprint density at radius 3 is 2.27 bits per heavy atom. The van der Waals surface area contributed by atoms with Crippen LogP contribution in [0.5, 0.6) is 5.75 Å². The summed E-state index contributed by atoms with van der Waals surface area (Å²) in [6.45, 7) is -0.947. The van der Waals surface area contributed by atoms with E-state index in [1.54, 1.807) is 24.3 Å². The van der Waals surface area contributed by atoms with Gasteiger partial charge in [0, 0.05) is 26.2 Å². The molecule has 0 aromatic heterocycles. The smallest absolute Gasteiger partial charge is 0.427 e. The lowest BCUT2D eigenvalue weighted by Gasteiger charge is -2.46. The highest BCUT2D eigenvalue weighted by atomic mass is 32.2. The van der Waals surface area contributed by atoms with Crippen LogP contribution in [-0.4, -0.2) is 80.9 Å². The summed E-state index contributed by atoms with van der Waals surface area (Å²) in [7, 11) is -2.24. The summed E-state index contributed by atoms with van der Waals surface area (Å²) in [5.74, 6) is -0.420. The number of carbonyl (C=O) groups is 1. The summed E-state index contributed by atoms with van der Waals surface area (Å²) in [6.07, 6.45) is -8.05. The van der Waals surface area contributed by atoms with Crippen LogP contribution >= 0.6 is 0 Å². The van der Waals surface area contributed by atoms with Crippen molar-refractivity contribution in [2.24, 2.45) is 0 Å². The molecule has 14 heteroatoms. The molecule has 0 aliphatic carbocycles. The van der Waals surface area contributed by atoms with Crippen LogP contribution in [0, 0.1) is 5.82 Å². The number of hydrogen-bond acceptors (Lipinski definition) is 7. The van der Waals surface area contributed by atoms with Crippen molar-refractivity contribution in [2.75, 3.05) is 39.3 Å². The van der Waals surface area contributed by atoms with E-state index >= 15 is 0 Å². The minimum atomic E-state index is -4.84. The molecule has 1 atom stereocenters. The third-order valence-corrected chi connectivity index (χ3v) is 8.34. The SMILES string of the molecule is COc1ccc(COC[C@@H](OC(=O)N2CCC3(CC2)CN(Cc2ccc(F)cc2)S(=O)(=O)CO3)C(F)(F)F)cc1. The van der Waals surface area contributed by atoms with Crippen molar-refractivity contribution in [3.63, 3.8) is 0 Å². The van der Waals surface area contributed by atoms with Gasteiger partial charge in [-0.1, -0.05) is 24.3 Å². The molecule has 2 fully saturated rings. The second-order valence-electron chi connectivity index (χ2n) is 9.72. The van der Waals surface area contributed by atoms with Crippen molar-refractivity contribution < 1.29 is 49.7 Å². The number of methoxy groups -OCH3 is 1. The van der Waals surface area contributed by atoms with Crippen LogP contribution in [-0.2, 0) is 37.4 Å². The number of carbonyl (C=O) groups excluding carboxylic acids is 1. The van der Waals surface area contributed by atoms with E-state index in [9.17, 15) is 30.8 Å². The first-order valence-corrected chi connectivity index (χ1v) is 14.1. The third-order valence-electron chi connectivity index (χ3n) is 6.88. The molecule has 2 aliphatic heterocycles. The number of rotatable bonds is 8. The van der Waals surface area contributed by atoms with E-state index in [1.165, 1.54) is 35.7 Å².